The molecule has 0 amide bonds. The van der Waals surface area contributed by atoms with E-state index >= 15 is 0 Å². The van der Waals surface area contributed by atoms with Crippen LogP contribution in [0.2, 0.25) is 0 Å². The molecule has 0 saturated carbocycles. The molecule has 0 spiro atoms. The second-order valence-corrected chi connectivity index (χ2v) is 5.67. The van der Waals surface area contributed by atoms with Gasteiger partial charge in [0.25, 0.3) is 0 Å². The van der Waals surface area contributed by atoms with Crippen molar-refractivity contribution in [1.29, 1.82) is 0 Å². The number of oxazole rings is 1. The van der Waals surface area contributed by atoms with Crippen LogP contribution in [0.4, 0.5) is 13.2 Å². The van der Waals surface area contributed by atoms with Gasteiger partial charge < -0.3 is 15.1 Å². The average molecular weight is 378 g/mol. The number of alkyl halides is 3. The van der Waals surface area contributed by atoms with Crippen molar-refractivity contribution in [3.05, 3.63) is 52.7 Å². The first-order valence-corrected chi connectivity index (χ1v) is 8.40. The van der Waals surface area contributed by atoms with Crippen LogP contribution in [-0.4, -0.2) is 24.0 Å². The maximum atomic E-state index is 12.5. The van der Waals surface area contributed by atoms with Crippen molar-refractivity contribution < 1.29 is 17.6 Å². The minimum atomic E-state index is -4.34. The number of rotatable bonds is 4. The van der Waals surface area contributed by atoms with E-state index in [4.69, 9.17) is 4.42 Å². The van der Waals surface area contributed by atoms with Crippen molar-refractivity contribution in [3.8, 4) is 11.8 Å². The molecule has 0 saturated heterocycles. The van der Waals surface area contributed by atoms with Crippen LogP contribution in [0, 0.1) is 25.7 Å². The second kappa shape index (κ2) is 9.12. The first-order valence-electron chi connectivity index (χ1n) is 8.40. The monoisotopic (exact) mass is 378 g/mol. The maximum Gasteiger partial charge on any atom is 0.416 e. The van der Waals surface area contributed by atoms with Crippen LogP contribution in [0.1, 0.15) is 35.4 Å². The standard InChI is InChI=1S/C19H21F3N4O/c1-4-23-18(25-12-17-26-13(2)14(3)27-17)24-11-5-6-15-7-9-16(10-8-15)19(20,21)22/h7-10H,4,11-12H2,1-3H3,(H2,23,24,25). The Labute approximate surface area is 156 Å². The third kappa shape index (κ3) is 6.37. The van der Waals surface area contributed by atoms with E-state index in [0.29, 0.717) is 24.0 Å². The number of aliphatic imine (C=N–C) groups is 1. The molecule has 2 aromatic rings. The van der Waals surface area contributed by atoms with Crippen molar-refractivity contribution >= 4 is 5.96 Å². The predicted molar refractivity (Wildman–Crippen MR) is 97.1 cm³/mol. The largest absolute Gasteiger partial charge is 0.444 e. The van der Waals surface area contributed by atoms with Gasteiger partial charge in [-0.3, -0.25) is 0 Å². The summed E-state index contributed by atoms with van der Waals surface area (Å²) in [6.45, 7) is 6.89. The molecule has 0 fully saturated rings. The fraction of sp³-hybridized carbons (Fsp3) is 0.368. The van der Waals surface area contributed by atoms with Crippen LogP contribution < -0.4 is 10.6 Å². The molecule has 8 heteroatoms. The lowest BCUT2D eigenvalue weighted by molar-refractivity contribution is -0.137. The molecule has 0 unspecified atom stereocenters. The Hall–Kier alpha value is -2.95. The minimum Gasteiger partial charge on any atom is -0.444 e. The molecular weight excluding hydrogens is 357 g/mol. The quantitative estimate of drug-likeness (QED) is 0.486. The lowest BCUT2D eigenvalue weighted by Crippen LogP contribution is -2.37. The molecule has 1 heterocycles. The van der Waals surface area contributed by atoms with E-state index in [2.05, 4.69) is 32.5 Å². The van der Waals surface area contributed by atoms with Crippen LogP contribution in [0.5, 0.6) is 0 Å². The first kappa shape index (κ1) is 20.4. The third-order valence-electron chi connectivity index (χ3n) is 3.58. The zero-order valence-corrected chi connectivity index (χ0v) is 15.4. The van der Waals surface area contributed by atoms with E-state index in [1.807, 2.05) is 20.8 Å². The number of hydrogen-bond donors (Lipinski definition) is 2. The summed E-state index contributed by atoms with van der Waals surface area (Å²) in [6, 6.07) is 4.73. The number of guanidine groups is 1. The number of aromatic nitrogens is 1. The Morgan fingerprint density at radius 3 is 2.44 bits per heavy atom. The summed E-state index contributed by atoms with van der Waals surface area (Å²) >= 11 is 0. The second-order valence-electron chi connectivity index (χ2n) is 5.67. The molecule has 0 bridgehead atoms. The Morgan fingerprint density at radius 2 is 1.89 bits per heavy atom. The van der Waals surface area contributed by atoms with Gasteiger partial charge in [-0.2, -0.15) is 13.2 Å². The summed E-state index contributed by atoms with van der Waals surface area (Å²) in [4.78, 5) is 8.63. The molecule has 144 valence electrons. The van der Waals surface area contributed by atoms with E-state index in [1.54, 1.807) is 0 Å². The van der Waals surface area contributed by atoms with Crippen molar-refractivity contribution in [2.45, 2.75) is 33.5 Å². The van der Waals surface area contributed by atoms with E-state index in [1.165, 1.54) is 12.1 Å². The molecule has 1 aromatic heterocycles. The Kier molecular flexibility index (Phi) is 6.88. The molecule has 27 heavy (non-hydrogen) atoms. The summed E-state index contributed by atoms with van der Waals surface area (Å²) in [5.74, 6) is 7.51. The van der Waals surface area contributed by atoms with Gasteiger partial charge in [0.1, 0.15) is 12.3 Å². The van der Waals surface area contributed by atoms with Gasteiger partial charge >= 0.3 is 6.18 Å². The molecule has 0 aliphatic rings. The van der Waals surface area contributed by atoms with Gasteiger partial charge in [-0.05, 0) is 45.0 Å². The summed E-state index contributed by atoms with van der Waals surface area (Å²) in [6.07, 6.45) is -4.34. The third-order valence-corrected chi connectivity index (χ3v) is 3.58. The smallest absolute Gasteiger partial charge is 0.416 e. The molecule has 0 aliphatic heterocycles. The van der Waals surface area contributed by atoms with E-state index in [-0.39, 0.29) is 13.1 Å². The van der Waals surface area contributed by atoms with Crippen LogP contribution >= 0.6 is 0 Å². The van der Waals surface area contributed by atoms with Gasteiger partial charge in [0.05, 0.1) is 17.8 Å². The molecule has 2 rings (SSSR count). The average Bonchev–Trinajstić information content (AvgIpc) is 2.94. The van der Waals surface area contributed by atoms with Gasteiger partial charge in [0.2, 0.25) is 5.89 Å². The van der Waals surface area contributed by atoms with Crippen LogP contribution in [0.25, 0.3) is 0 Å². The fourth-order valence-electron chi connectivity index (χ4n) is 2.11. The number of nitrogens with one attached hydrogen (secondary N) is 2. The van der Waals surface area contributed by atoms with Gasteiger partial charge in [-0.15, -0.1) is 0 Å². The van der Waals surface area contributed by atoms with Crippen molar-refractivity contribution in [3.63, 3.8) is 0 Å². The molecule has 0 atom stereocenters. The van der Waals surface area contributed by atoms with Gasteiger partial charge in [-0.25, -0.2) is 9.98 Å². The van der Waals surface area contributed by atoms with Crippen LogP contribution in [-0.2, 0) is 12.7 Å². The summed E-state index contributed by atoms with van der Waals surface area (Å²) in [5, 5.41) is 6.11. The van der Waals surface area contributed by atoms with Gasteiger partial charge in [-0.1, -0.05) is 11.8 Å². The highest BCUT2D eigenvalue weighted by molar-refractivity contribution is 5.79. The Morgan fingerprint density at radius 1 is 1.19 bits per heavy atom. The van der Waals surface area contributed by atoms with Gasteiger partial charge in [0.15, 0.2) is 5.96 Å². The zero-order valence-electron chi connectivity index (χ0n) is 15.4. The summed E-state index contributed by atoms with van der Waals surface area (Å²) < 4.78 is 43.1. The molecule has 0 radical (unpaired) electrons. The molecule has 5 nitrogen and oxygen atoms in total. The minimum absolute atomic E-state index is 0.288. The molecular formula is C19H21F3N4O. The van der Waals surface area contributed by atoms with Crippen molar-refractivity contribution in [1.82, 2.24) is 15.6 Å². The van der Waals surface area contributed by atoms with Crippen molar-refractivity contribution in [2.24, 2.45) is 4.99 Å². The topological polar surface area (TPSA) is 62.5 Å². The number of nitrogens with zero attached hydrogens (tertiary/aromatic N) is 2. The normalized spacial score (nSPS) is 11.7. The molecule has 2 N–H and O–H groups in total. The lowest BCUT2D eigenvalue weighted by Gasteiger charge is -2.08. The van der Waals surface area contributed by atoms with Gasteiger partial charge in [0, 0.05) is 12.1 Å². The van der Waals surface area contributed by atoms with E-state index < -0.39 is 11.7 Å². The van der Waals surface area contributed by atoms with E-state index in [0.717, 1.165) is 23.6 Å². The zero-order chi connectivity index (χ0) is 19.9. The highest BCUT2D eigenvalue weighted by Crippen LogP contribution is 2.28. The first-order chi connectivity index (χ1) is 12.8. The highest BCUT2D eigenvalue weighted by atomic mass is 19.4. The highest BCUT2D eigenvalue weighted by Gasteiger charge is 2.29. The summed E-state index contributed by atoms with van der Waals surface area (Å²) in [5.41, 5.74) is 0.655. The van der Waals surface area contributed by atoms with E-state index in [9.17, 15) is 13.2 Å². The maximum absolute atomic E-state index is 12.5. The Bertz CT molecular complexity index is 823. The van der Waals surface area contributed by atoms with Crippen LogP contribution in [0.15, 0.2) is 33.7 Å². The number of benzene rings is 1. The number of hydrogen-bond acceptors (Lipinski definition) is 3. The fourth-order valence-corrected chi connectivity index (χ4v) is 2.11. The van der Waals surface area contributed by atoms with Crippen molar-refractivity contribution in [2.75, 3.05) is 13.1 Å². The lowest BCUT2D eigenvalue weighted by atomic mass is 10.1. The number of halogens is 3. The SMILES string of the molecule is CCNC(=NCc1nc(C)c(C)o1)NCC#Cc1ccc(C(F)(F)F)cc1. The number of aryl methyl sites for hydroxylation is 2. The van der Waals surface area contributed by atoms with Crippen LogP contribution in [0.3, 0.4) is 0 Å². The summed E-state index contributed by atoms with van der Waals surface area (Å²) in [7, 11) is 0. The molecule has 0 aliphatic carbocycles. The molecule has 1 aromatic carbocycles. The predicted octanol–water partition coefficient (Wildman–Crippen LogP) is 3.42. The Balaban J connectivity index is 1.92.